The zero-order chi connectivity index (χ0) is 13.3. The number of nitrogens with two attached hydrogens (primary N) is 2. The second-order valence-electron chi connectivity index (χ2n) is 4.62. The van der Waals surface area contributed by atoms with Gasteiger partial charge in [-0.3, -0.25) is 0 Å². The average Bonchev–Trinajstić information content (AvgIpc) is 2.27. The molecule has 4 N–H and O–H groups in total. The SMILES string of the molecule is Nc1ccc(N2CCC[C@@H](N)C2)c(C(F)(F)F)c1. The fourth-order valence-corrected chi connectivity index (χ4v) is 2.29. The highest BCUT2D eigenvalue weighted by Crippen LogP contribution is 2.38. The summed E-state index contributed by atoms with van der Waals surface area (Å²) in [5.74, 6) is 0. The zero-order valence-electron chi connectivity index (χ0n) is 9.87. The second-order valence-corrected chi connectivity index (χ2v) is 4.62. The minimum Gasteiger partial charge on any atom is -0.399 e. The Bertz CT molecular complexity index is 431. The van der Waals surface area contributed by atoms with E-state index in [9.17, 15) is 13.2 Å². The zero-order valence-corrected chi connectivity index (χ0v) is 9.87. The lowest BCUT2D eigenvalue weighted by Gasteiger charge is -2.34. The van der Waals surface area contributed by atoms with Crippen LogP contribution >= 0.6 is 0 Å². The van der Waals surface area contributed by atoms with Gasteiger partial charge in [0.15, 0.2) is 0 Å². The molecule has 1 aromatic rings. The Morgan fingerprint density at radius 2 is 2.00 bits per heavy atom. The van der Waals surface area contributed by atoms with Gasteiger partial charge in [0.2, 0.25) is 0 Å². The van der Waals surface area contributed by atoms with Crippen LogP contribution in [0.2, 0.25) is 0 Å². The highest BCUT2D eigenvalue weighted by atomic mass is 19.4. The normalized spacial score (nSPS) is 21.1. The van der Waals surface area contributed by atoms with Crippen LogP contribution in [0.1, 0.15) is 18.4 Å². The quantitative estimate of drug-likeness (QED) is 0.760. The maximum absolute atomic E-state index is 13.0. The summed E-state index contributed by atoms with van der Waals surface area (Å²) in [4.78, 5) is 1.69. The van der Waals surface area contributed by atoms with Crippen LogP contribution in [0.5, 0.6) is 0 Å². The van der Waals surface area contributed by atoms with E-state index in [4.69, 9.17) is 11.5 Å². The van der Waals surface area contributed by atoms with E-state index in [1.165, 1.54) is 12.1 Å². The molecule has 0 unspecified atom stereocenters. The van der Waals surface area contributed by atoms with Crippen LogP contribution in [-0.2, 0) is 6.18 Å². The van der Waals surface area contributed by atoms with Crippen molar-refractivity contribution in [2.75, 3.05) is 23.7 Å². The summed E-state index contributed by atoms with van der Waals surface area (Å²) in [6.07, 6.45) is -2.73. The summed E-state index contributed by atoms with van der Waals surface area (Å²) in [5, 5.41) is 0. The summed E-state index contributed by atoms with van der Waals surface area (Å²) in [7, 11) is 0. The van der Waals surface area contributed by atoms with Gasteiger partial charge in [-0.25, -0.2) is 0 Å². The average molecular weight is 259 g/mol. The summed E-state index contributed by atoms with van der Waals surface area (Å²) >= 11 is 0. The first-order valence-electron chi connectivity index (χ1n) is 5.85. The molecule has 1 saturated heterocycles. The minimum absolute atomic E-state index is 0.0719. The van der Waals surface area contributed by atoms with E-state index in [-0.39, 0.29) is 17.4 Å². The van der Waals surface area contributed by atoms with Crippen molar-refractivity contribution in [2.45, 2.75) is 25.1 Å². The molecule has 6 heteroatoms. The Morgan fingerprint density at radius 1 is 1.28 bits per heavy atom. The molecule has 0 spiro atoms. The lowest BCUT2D eigenvalue weighted by atomic mass is 10.0. The van der Waals surface area contributed by atoms with Gasteiger partial charge in [-0.2, -0.15) is 13.2 Å². The van der Waals surface area contributed by atoms with Gasteiger partial charge in [0.1, 0.15) is 0 Å². The van der Waals surface area contributed by atoms with Crippen molar-refractivity contribution >= 4 is 11.4 Å². The number of alkyl halides is 3. The molecule has 1 aliphatic rings. The van der Waals surface area contributed by atoms with Gasteiger partial charge >= 0.3 is 6.18 Å². The van der Waals surface area contributed by atoms with Crippen LogP contribution < -0.4 is 16.4 Å². The number of anilines is 2. The molecule has 0 bridgehead atoms. The Morgan fingerprint density at radius 3 is 2.61 bits per heavy atom. The predicted molar refractivity (Wildman–Crippen MR) is 65.3 cm³/mol. The Balaban J connectivity index is 2.37. The molecule has 1 fully saturated rings. The predicted octanol–water partition coefficient (Wildman–Crippen LogP) is 2.22. The molecule has 0 amide bonds. The van der Waals surface area contributed by atoms with Crippen LogP contribution in [0.15, 0.2) is 18.2 Å². The van der Waals surface area contributed by atoms with Crippen LogP contribution in [0.3, 0.4) is 0 Å². The van der Waals surface area contributed by atoms with Gasteiger partial charge in [-0.15, -0.1) is 0 Å². The van der Waals surface area contributed by atoms with Gasteiger partial charge in [0, 0.05) is 30.5 Å². The number of nitrogen functional groups attached to an aromatic ring is 1. The number of rotatable bonds is 1. The molecule has 3 nitrogen and oxygen atoms in total. The highest BCUT2D eigenvalue weighted by Gasteiger charge is 2.35. The lowest BCUT2D eigenvalue weighted by molar-refractivity contribution is -0.137. The topological polar surface area (TPSA) is 55.3 Å². The van der Waals surface area contributed by atoms with E-state index in [2.05, 4.69) is 0 Å². The van der Waals surface area contributed by atoms with E-state index in [1.807, 2.05) is 0 Å². The third-order valence-electron chi connectivity index (χ3n) is 3.12. The van der Waals surface area contributed by atoms with Gasteiger partial charge in [-0.05, 0) is 31.0 Å². The third-order valence-corrected chi connectivity index (χ3v) is 3.12. The molecule has 1 aromatic carbocycles. The summed E-state index contributed by atoms with van der Waals surface area (Å²) in [5.41, 5.74) is 10.8. The third kappa shape index (κ3) is 2.69. The lowest BCUT2D eigenvalue weighted by Crippen LogP contribution is -2.43. The van der Waals surface area contributed by atoms with Gasteiger partial charge in [0.25, 0.3) is 0 Å². The summed E-state index contributed by atoms with van der Waals surface area (Å²) in [6.45, 7) is 1.05. The molecule has 2 rings (SSSR count). The maximum Gasteiger partial charge on any atom is 0.418 e. The van der Waals surface area contributed by atoms with E-state index in [1.54, 1.807) is 4.90 Å². The molecule has 0 aromatic heterocycles. The van der Waals surface area contributed by atoms with Gasteiger partial charge in [-0.1, -0.05) is 0 Å². The van der Waals surface area contributed by atoms with Crippen molar-refractivity contribution in [3.8, 4) is 0 Å². The van der Waals surface area contributed by atoms with E-state index >= 15 is 0 Å². The first-order valence-corrected chi connectivity index (χ1v) is 5.85. The molecule has 0 radical (unpaired) electrons. The largest absolute Gasteiger partial charge is 0.418 e. The van der Waals surface area contributed by atoms with Crippen molar-refractivity contribution in [1.29, 1.82) is 0 Å². The second kappa shape index (κ2) is 4.68. The fraction of sp³-hybridized carbons (Fsp3) is 0.500. The summed E-state index contributed by atoms with van der Waals surface area (Å²) in [6, 6.07) is 3.83. The molecular formula is C12H16F3N3. The Kier molecular flexibility index (Phi) is 3.38. The minimum atomic E-state index is -4.40. The number of piperidine rings is 1. The van der Waals surface area contributed by atoms with Crippen LogP contribution in [0.4, 0.5) is 24.5 Å². The standard InChI is InChI=1S/C12H16F3N3/c13-12(14,15)10-6-8(16)3-4-11(10)18-5-1-2-9(17)7-18/h3-4,6,9H,1-2,5,7,16-17H2/t9-/m1/s1. The molecule has 1 atom stereocenters. The van der Waals surface area contributed by atoms with Crippen molar-refractivity contribution in [3.05, 3.63) is 23.8 Å². The maximum atomic E-state index is 13.0. The van der Waals surface area contributed by atoms with E-state index in [0.29, 0.717) is 13.1 Å². The molecule has 0 saturated carbocycles. The number of hydrogen-bond acceptors (Lipinski definition) is 3. The van der Waals surface area contributed by atoms with E-state index in [0.717, 1.165) is 18.9 Å². The number of halogens is 3. The fourth-order valence-electron chi connectivity index (χ4n) is 2.29. The molecule has 0 aliphatic carbocycles. The monoisotopic (exact) mass is 259 g/mol. The number of hydrogen-bond donors (Lipinski definition) is 2. The Hall–Kier alpha value is -1.43. The highest BCUT2D eigenvalue weighted by molar-refractivity contribution is 5.61. The van der Waals surface area contributed by atoms with Crippen LogP contribution in [0.25, 0.3) is 0 Å². The van der Waals surface area contributed by atoms with Crippen LogP contribution in [0, 0.1) is 0 Å². The van der Waals surface area contributed by atoms with Gasteiger partial charge in [0.05, 0.1) is 5.56 Å². The number of benzene rings is 1. The molecule has 1 aliphatic heterocycles. The molecule has 1 heterocycles. The van der Waals surface area contributed by atoms with Crippen molar-refractivity contribution in [2.24, 2.45) is 5.73 Å². The first-order chi connectivity index (χ1) is 8.38. The van der Waals surface area contributed by atoms with Crippen LogP contribution in [-0.4, -0.2) is 19.1 Å². The Labute approximate surface area is 104 Å². The summed E-state index contributed by atoms with van der Waals surface area (Å²) < 4.78 is 38.9. The number of nitrogens with zero attached hydrogens (tertiary/aromatic N) is 1. The molecule has 100 valence electrons. The molecule has 18 heavy (non-hydrogen) atoms. The first kappa shape index (κ1) is 13.0. The van der Waals surface area contributed by atoms with E-state index < -0.39 is 11.7 Å². The van der Waals surface area contributed by atoms with Gasteiger partial charge < -0.3 is 16.4 Å². The smallest absolute Gasteiger partial charge is 0.399 e. The molecular weight excluding hydrogens is 243 g/mol. The van der Waals surface area contributed by atoms with Crippen molar-refractivity contribution < 1.29 is 13.2 Å². The van der Waals surface area contributed by atoms with Crippen molar-refractivity contribution in [1.82, 2.24) is 0 Å². The van der Waals surface area contributed by atoms with Crippen molar-refractivity contribution in [3.63, 3.8) is 0 Å².